The third-order valence-corrected chi connectivity index (χ3v) is 3.60. The minimum Gasteiger partial charge on any atom is -0.396 e. The van der Waals surface area contributed by atoms with Gasteiger partial charge in [0.2, 0.25) is 0 Å². The number of nitrogens with one attached hydrogen (secondary N) is 1. The standard InChI is InChI=1S/C14H22N2O2/c1-2-15-12-5-3-6-13-11(12)7-8-14(18)16(13)9-4-10-17/h7-8,12,15,17H,2-6,9-10H2,1H3. The van der Waals surface area contributed by atoms with Gasteiger partial charge in [-0.25, -0.2) is 0 Å². The van der Waals surface area contributed by atoms with Gasteiger partial charge in [-0.05, 0) is 37.8 Å². The van der Waals surface area contributed by atoms with Crippen molar-refractivity contribution < 1.29 is 5.11 Å². The highest BCUT2D eigenvalue weighted by Gasteiger charge is 2.22. The second kappa shape index (κ2) is 6.16. The Balaban J connectivity index is 2.36. The van der Waals surface area contributed by atoms with Crippen LogP contribution in [0, 0.1) is 0 Å². The van der Waals surface area contributed by atoms with Crippen LogP contribution >= 0.6 is 0 Å². The molecule has 0 aliphatic heterocycles. The van der Waals surface area contributed by atoms with Crippen molar-refractivity contribution in [1.82, 2.24) is 9.88 Å². The summed E-state index contributed by atoms with van der Waals surface area (Å²) in [5.74, 6) is 0. The van der Waals surface area contributed by atoms with E-state index in [9.17, 15) is 4.79 Å². The average molecular weight is 250 g/mol. The topological polar surface area (TPSA) is 54.3 Å². The maximum Gasteiger partial charge on any atom is 0.250 e. The first-order chi connectivity index (χ1) is 8.77. The van der Waals surface area contributed by atoms with Crippen molar-refractivity contribution in [3.05, 3.63) is 33.7 Å². The number of rotatable bonds is 5. The maximum atomic E-state index is 11.9. The summed E-state index contributed by atoms with van der Waals surface area (Å²) < 4.78 is 1.84. The molecule has 2 rings (SSSR count). The molecular formula is C14H22N2O2. The highest BCUT2D eigenvalue weighted by atomic mass is 16.3. The molecule has 1 unspecified atom stereocenters. The predicted octanol–water partition coefficient (Wildman–Crippen LogP) is 1.22. The molecule has 18 heavy (non-hydrogen) atoms. The molecular weight excluding hydrogens is 228 g/mol. The highest BCUT2D eigenvalue weighted by molar-refractivity contribution is 5.27. The lowest BCUT2D eigenvalue weighted by molar-refractivity contribution is 0.277. The Labute approximate surface area is 108 Å². The fourth-order valence-corrected chi connectivity index (χ4v) is 2.79. The Bertz CT molecular complexity index is 454. The van der Waals surface area contributed by atoms with Gasteiger partial charge in [-0.2, -0.15) is 0 Å². The van der Waals surface area contributed by atoms with Crippen LogP contribution in [0.3, 0.4) is 0 Å². The third-order valence-electron chi connectivity index (χ3n) is 3.60. The van der Waals surface area contributed by atoms with Crippen molar-refractivity contribution in [2.45, 2.75) is 45.2 Å². The van der Waals surface area contributed by atoms with Crippen LogP contribution < -0.4 is 10.9 Å². The summed E-state index contributed by atoms with van der Waals surface area (Å²) in [7, 11) is 0. The normalized spacial score (nSPS) is 18.7. The molecule has 0 amide bonds. The molecule has 0 radical (unpaired) electrons. The summed E-state index contributed by atoms with van der Waals surface area (Å²) in [6, 6.07) is 4.01. The van der Waals surface area contributed by atoms with E-state index in [4.69, 9.17) is 5.11 Å². The molecule has 0 aromatic carbocycles. The van der Waals surface area contributed by atoms with Crippen LogP contribution in [-0.2, 0) is 13.0 Å². The van der Waals surface area contributed by atoms with Gasteiger partial charge in [0.05, 0.1) is 0 Å². The van der Waals surface area contributed by atoms with Crippen LogP contribution in [0.1, 0.15) is 43.5 Å². The summed E-state index contributed by atoms with van der Waals surface area (Å²) in [4.78, 5) is 11.9. The minimum absolute atomic E-state index is 0.0550. The molecule has 4 heteroatoms. The van der Waals surface area contributed by atoms with Crippen molar-refractivity contribution in [3.8, 4) is 0 Å². The van der Waals surface area contributed by atoms with Crippen molar-refractivity contribution in [3.63, 3.8) is 0 Å². The summed E-state index contributed by atoms with van der Waals surface area (Å²) in [6.45, 7) is 3.81. The Kier molecular flexibility index (Phi) is 4.55. The van der Waals surface area contributed by atoms with E-state index in [2.05, 4.69) is 12.2 Å². The fraction of sp³-hybridized carbons (Fsp3) is 0.643. The second-order valence-electron chi connectivity index (χ2n) is 4.80. The van der Waals surface area contributed by atoms with Crippen LogP contribution in [0.25, 0.3) is 0 Å². The first-order valence-electron chi connectivity index (χ1n) is 6.84. The zero-order valence-electron chi connectivity index (χ0n) is 11.0. The van der Waals surface area contributed by atoms with Gasteiger partial charge in [0.25, 0.3) is 5.56 Å². The summed E-state index contributed by atoms with van der Waals surface area (Å²) in [5, 5.41) is 12.4. The largest absolute Gasteiger partial charge is 0.396 e. The van der Waals surface area contributed by atoms with Gasteiger partial charge < -0.3 is 15.0 Å². The smallest absolute Gasteiger partial charge is 0.250 e. The molecule has 1 aliphatic rings. The number of nitrogens with zero attached hydrogens (tertiary/aromatic N) is 1. The van der Waals surface area contributed by atoms with E-state index in [-0.39, 0.29) is 12.2 Å². The van der Waals surface area contributed by atoms with E-state index < -0.39 is 0 Å². The number of hydrogen-bond donors (Lipinski definition) is 2. The third kappa shape index (κ3) is 2.65. The van der Waals surface area contributed by atoms with Gasteiger partial charge in [0.1, 0.15) is 0 Å². The zero-order chi connectivity index (χ0) is 13.0. The molecule has 0 spiro atoms. The van der Waals surface area contributed by atoms with Crippen LogP contribution in [0.4, 0.5) is 0 Å². The Morgan fingerprint density at radius 3 is 3.06 bits per heavy atom. The van der Waals surface area contributed by atoms with E-state index in [1.807, 2.05) is 10.6 Å². The molecule has 1 heterocycles. The SMILES string of the molecule is CCNC1CCCc2c1ccc(=O)n2CCCO. The summed E-state index contributed by atoms with van der Waals surface area (Å²) in [6.07, 6.45) is 3.87. The quantitative estimate of drug-likeness (QED) is 0.826. The lowest BCUT2D eigenvalue weighted by Crippen LogP contribution is -2.31. The van der Waals surface area contributed by atoms with E-state index in [0.717, 1.165) is 31.5 Å². The molecule has 0 saturated carbocycles. The molecule has 1 aromatic rings. The van der Waals surface area contributed by atoms with E-state index in [1.165, 1.54) is 5.56 Å². The Hall–Kier alpha value is -1.13. The van der Waals surface area contributed by atoms with Crippen molar-refractivity contribution in [1.29, 1.82) is 0 Å². The number of aliphatic hydroxyl groups is 1. The van der Waals surface area contributed by atoms with Crippen molar-refractivity contribution >= 4 is 0 Å². The van der Waals surface area contributed by atoms with Gasteiger partial charge in [-0.15, -0.1) is 0 Å². The molecule has 2 N–H and O–H groups in total. The van der Waals surface area contributed by atoms with E-state index in [1.54, 1.807) is 6.07 Å². The number of pyridine rings is 1. The van der Waals surface area contributed by atoms with Gasteiger partial charge in [-0.3, -0.25) is 4.79 Å². The van der Waals surface area contributed by atoms with E-state index in [0.29, 0.717) is 19.0 Å². The minimum atomic E-state index is 0.0550. The number of aromatic nitrogens is 1. The van der Waals surface area contributed by atoms with Crippen LogP contribution in [0.15, 0.2) is 16.9 Å². The number of aliphatic hydroxyl groups excluding tert-OH is 1. The first kappa shape index (κ1) is 13.3. The first-order valence-corrected chi connectivity index (χ1v) is 6.84. The lowest BCUT2D eigenvalue weighted by atomic mass is 9.91. The van der Waals surface area contributed by atoms with Gasteiger partial charge in [-0.1, -0.05) is 13.0 Å². The van der Waals surface area contributed by atoms with Crippen LogP contribution in [0.5, 0.6) is 0 Å². The van der Waals surface area contributed by atoms with Crippen molar-refractivity contribution in [2.75, 3.05) is 13.2 Å². The van der Waals surface area contributed by atoms with Crippen molar-refractivity contribution in [2.24, 2.45) is 0 Å². The van der Waals surface area contributed by atoms with E-state index >= 15 is 0 Å². The van der Waals surface area contributed by atoms with Crippen LogP contribution in [-0.4, -0.2) is 22.8 Å². The summed E-state index contributed by atoms with van der Waals surface area (Å²) >= 11 is 0. The second-order valence-corrected chi connectivity index (χ2v) is 4.80. The molecule has 1 atom stereocenters. The molecule has 0 bridgehead atoms. The van der Waals surface area contributed by atoms with Gasteiger partial charge in [0, 0.05) is 31.0 Å². The Morgan fingerprint density at radius 2 is 2.33 bits per heavy atom. The van der Waals surface area contributed by atoms with Gasteiger partial charge in [0.15, 0.2) is 0 Å². The molecule has 0 fully saturated rings. The number of hydrogen-bond acceptors (Lipinski definition) is 3. The van der Waals surface area contributed by atoms with Crippen LogP contribution in [0.2, 0.25) is 0 Å². The molecule has 4 nitrogen and oxygen atoms in total. The molecule has 1 aromatic heterocycles. The molecule has 0 saturated heterocycles. The molecule has 100 valence electrons. The predicted molar refractivity (Wildman–Crippen MR) is 71.8 cm³/mol. The molecule has 1 aliphatic carbocycles. The maximum absolute atomic E-state index is 11.9. The number of fused-ring (bicyclic) bond motifs is 1. The fourth-order valence-electron chi connectivity index (χ4n) is 2.79. The lowest BCUT2D eigenvalue weighted by Gasteiger charge is -2.28. The summed E-state index contributed by atoms with van der Waals surface area (Å²) in [5.41, 5.74) is 2.48. The zero-order valence-corrected chi connectivity index (χ0v) is 11.0. The average Bonchev–Trinajstić information content (AvgIpc) is 2.38. The van der Waals surface area contributed by atoms with Gasteiger partial charge >= 0.3 is 0 Å². The monoisotopic (exact) mass is 250 g/mol. The Morgan fingerprint density at radius 1 is 1.50 bits per heavy atom. The highest BCUT2D eigenvalue weighted by Crippen LogP contribution is 2.28.